The molecule has 0 aliphatic heterocycles. The number of pyridine rings is 1. The summed E-state index contributed by atoms with van der Waals surface area (Å²) < 4.78 is 7.22. The van der Waals surface area contributed by atoms with Gasteiger partial charge in [-0.25, -0.2) is 0 Å². The molecular weight excluding hydrogens is 399 g/mol. The second-order valence-electron chi connectivity index (χ2n) is 7.14. The van der Waals surface area contributed by atoms with E-state index in [1.54, 1.807) is 22.9 Å². The maximum Gasteiger partial charge on any atom is 0.293 e. The summed E-state index contributed by atoms with van der Waals surface area (Å²) in [6, 6.07) is 7.11. The number of rotatable bonds is 8. The molecule has 0 radical (unpaired) electrons. The van der Waals surface area contributed by atoms with Crippen LogP contribution in [0.5, 0.6) is 5.75 Å². The number of hydrogen-bond acceptors (Lipinski definition) is 3. The molecule has 0 bridgehead atoms. The van der Waals surface area contributed by atoms with Crippen molar-refractivity contribution >= 4 is 29.1 Å². The number of aryl methyl sites for hydroxylation is 1. The number of ether oxygens (including phenoxy) is 1. The lowest BCUT2D eigenvalue weighted by Crippen LogP contribution is -2.31. The highest BCUT2D eigenvalue weighted by Crippen LogP contribution is 2.23. The molecule has 0 aliphatic carbocycles. The summed E-state index contributed by atoms with van der Waals surface area (Å²) in [6.07, 6.45) is 2.90. The fourth-order valence-corrected chi connectivity index (χ4v) is 3.07. The Kier molecular flexibility index (Phi) is 7.96. The van der Waals surface area contributed by atoms with Crippen LogP contribution >= 0.6 is 23.2 Å². The van der Waals surface area contributed by atoms with E-state index < -0.39 is 0 Å². The maximum atomic E-state index is 12.7. The van der Waals surface area contributed by atoms with Crippen LogP contribution in [0.1, 0.15) is 56.1 Å². The van der Waals surface area contributed by atoms with Gasteiger partial charge >= 0.3 is 0 Å². The van der Waals surface area contributed by atoms with E-state index in [-0.39, 0.29) is 34.9 Å². The van der Waals surface area contributed by atoms with Gasteiger partial charge < -0.3 is 14.6 Å². The molecule has 1 N–H and O–H groups in total. The predicted molar refractivity (Wildman–Crippen MR) is 114 cm³/mol. The van der Waals surface area contributed by atoms with Crippen molar-refractivity contribution in [3.05, 3.63) is 62.0 Å². The molecule has 7 heteroatoms. The molecule has 1 aromatic heterocycles. The van der Waals surface area contributed by atoms with Crippen molar-refractivity contribution in [3.8, 4) is 5.75 Å². The lowest BCUT2D eigenvalue weighted by atomic mass is 10.1. The Morgan fingerprint density at radius 3 is 2.46 bits per heavy atom. The van der Waals surface area contributed by atoms with Crippen LogP contribution in [-0.4, -0.2) is 23.1 Å². The van der Waals surface area contributed by atoms with Gasteiger partial charge in [0.1, 0.15) is 0 Å². The molecule has 0 unspecified atom stereocenters. The van der Waals surface area contributed by atoms with Gasteiger partial charge in [0.15, 0.2) is 5.75 Å². The SMILES string of the molecule is CC(C)Oc1c(C(=O)NCCCc2ccc(Cl)c(Cl)c2)ccn(C(C)C)c1=O. The Bertz CT molecular complexity index is 892. The predicted octanol–water partition coefficient (Wildman–Crippen LogP) is 4.89. The van der Waals surface area contributed by atoms with Crippen molar-refractivity contribution in [1.82, 2.24) is 9.88 Å². The summed E-state index contributed by atoms with van der Waals surface area (Å²) in [7, 11) is 0. The van der Waals surface area contributed by atoms with Crippen molar-refractivity contribution < 1.29 is 9.53 Å². The standard InChI is InChI=1S/C21H26Cl2N2O3/c1-13(2)25-11-9-16(19(21(25)27)28-14(3)4)20(26)24-10-5-6-15-7-8-17(22)18(23)12-15/h7-9,11-14H,5-6,10H2,1-4H3,(H,24,26). The summed E-state index contributed by atoms with van der Waals surface area (Å²) >= 11 is 11.9. The first-order valence-electron chi connectivity index (χ1n) is 9.34. The van der Waals surface area contributed by atoms with Gasteiger partial charge in [0.05, 0.1) is 21.7 Å². The Balaban J connectivity index is 2.05. The minimum atomic E-state index is -0.321. The Hall–Kier alpha value is -1.98. The molecule has 28 heavy (non-hydrogen) atoms. The first-order valence-corrected chi connectivity index (χ1v) is 10.1. The van der Waals surface area contributed by atoms with E-state index in [1.165, 1.54) is 0 Å². The molecule has 152 valence electrons. The van der Waals surface area contributed by atoms with Crippen molar-refractivity contribution in [3.63, 3.8) is 0 Å². The number of hydrogen-bond donors (Lipinski definition) is 1. The summed E-state index contributed by atoms with van der Waals surface area (Å²) in [4.78, 5) is 25.3. The minimum absolute atomic E-state index is 0.0228. The number of halogens is 2. The largest absolute Gasteiger partial charge is 0.485 e. The second kappa shape index (κ2) is 9.99. The molecule has 5 nitrogen and oxygen atoms in total. The van der Waals surface area contributed by atoms with Crippen molar-refractivity contribution in [2.75, 3.05) is 6.54 Å². The van der Waals surface area contributed by atoms with Gasteiger partial charge in [-0.1, -0.05) is 29.3 Å². The van der Waals surface area contributed by atoms with Gasteiger partial charge in [-0.05, 0) is 64.3 Å². The average Bonchev–Trinajstić information content (AvgIpc) is 2.62. The van der Waals surface area contributed by atoms with Gasteiger partial charge in [0.2, 0.25) is 0 Å². The van der Waals surface area contributed by atoms with Gasteiger partial charge in [-0.15, -0.1) is 0 Å². The monoisotopic (exact) mass is 424 g/mol. The molecule has 0 fully saturated rings. The molecule has 0 atom stereocenters. The first-order chi connectivity index (χ1) is 13.2. The van der Waals surface area contributed by atoms with Crippen LogP contribution in [0.25, 0.3) is 0 Å². The molecule has 1 aromatic carbocycles. The fourth-order valence-electron chi connectivity index (χ4n) is 2.75. The van der Waals surface area contributed by atoms with E-state index in [9.17, 15) is 9.59 Å². The highest BCUT2D eigenvalue weighted by molar-refractivity contribution is 6.42. The zero-order valence-electron chi connectivity index (χ0n) is 16.6. The molecule has 0 spiro atoms. The smallest absolute Gasteiger partial charge is 0.293 e. The van der Waals surface area contributed by atoms with E-state index >= 15 is 0 Å². The summed E-state index contributed by atoms with van der Waals surface area (Å²) in [5.41, 5.74) is 1.00. The van der Waals surface area contributed by atoms with Gasteiger partial charge in [-0.3, -0.25) is 9.59 Å². The maximum absolute atomic E-state index is 12.7. The van der Waals surface area contributed by atoms with Gasteiger partial charge in [-0.2, -0.15) is 0 Å². The van der Waals surface area contributed by atoms with Crippen LogP contribution in [-0.2, 0) is 6.42 Å². The normalized spacial score (nSPS) is 11.1. The number of nitrogens with zero attached hydrogens (tertiary/aromatic N) is 1. The highest BCUT2D eigenvalue weighted by atomic mass is 35.5. The van der Waals surface area contributed by atoms with Crippen molar-refractivity contribution in [2.45, 2.75) is 52.7 Å². The second-order valence-corrected chi connectivity index (χ2v) is 7.95. The Morgan fingerprint density at radius 2 is 1.86 bits per heavy atom. The van der Waals surface area contributed by atoms with Crippen LogP contribution in [0.4, 0.5) is 0 Å². The molecular formula is C21H26Cl2N2O3. The van der Waals surface area contributed by atoms with Crippen molar-refractivity contribution in [2.24, 2.45) is 0 Å². The summed E-state index contributed by atoms with van der Waals surface area (Å²) in [5.74, 6) is -0.231. The molecule has 1 heterocycles. The third kappa shape index (κ3) is 5.76. The van der Waals surface area contributed by atoms with E-state index in [1.807, 2.05) is 39.8 Å². The zero-order chi connectivity index (χ0) is 20.8. The van der Waals surface area contributed by atoms with E-state index in [2.05, 4.69) is 5.32 Å². The highest BCUT2D eigenvalue weighted by Gasteiger charge is 2.19. The van der Waals surface area contributed by atoms with Crippen molar-refractivity contribution in [1.29, 1.82) is 0 Å². The van der Waals surface area contributed by atoms with Crippen LogP contribution in [0.3, 0.4) is 0 Å². The number of carbonyl (C=O) groups is 1. The van der Waals surface area contributed by atoms with Gasteiger partial charge in [0.25, 0.3) is 11.5 Å². The summed E-state index contributed by atoms with van der Waals surface area (Å²) in [6.45, 7) is 7.93. The summed E-state index contributed by atoms with van der Waals surface area (Å²) in [5, 5.41) is 3.90. The number of nitrogens with one attached hydrogen (secondary N) is 1. The lowest BCUT2D eigenvalue weighted by Gasteiger charge is -2.17. The quantitative estimate of drug-likeness (QED) is 0.613. The van der Waals surface area contributed by atoms with Crippen LogP contribution in [0, 0.1) is 0 Å². The Morgan fingerprint density at radius 1 is 1.14 bits per heavy atom. The Labute approximate surface area is 175 Å². The molecule has 0 saturated carbocycles. The third-order valence-corrected chi connectivity index (χ3v) is 4.88. The molecule has 2 rings (SSSR count). The van der Waals surface area contributed by atoms with Crippen LogP contribution in [0.15, 0.2) is 35.3 Å². The number of benzene rings is 1. The van der Waals surface area contributed by atoms with Gasteiger partial charge in [0, 0.05) is 18.8 Å². The van der Waals surface area contributed by atoms with E-state index in [0.29, 0.717) is 16.6 Å². The first kappa shape index (κ1) is 22.3. The van der Waals surface area contributed by atoms with E-state index in [0.717, 1.165) is 18.4 Å². The topological polar surface area (TPSA) is 60.3 Å². The number of amides is 1. The minimum Gasteiger partial charge on any atom is -0.485 e. The van der Waals surface area contributed by atoms with Crippen LogP contribution in [0.2, 0.25) is 10.0 Å². The fraction of sp³-hybridized carbons (Fsp3) is 0.429. The molecule has 2 aromatic rings. The lowest BCUT2D eigenvalue weighted by molar-refractivity contribution is 0.0946. The zero-order valence-corrected chi connectivity index (χ0v) is 18.1. The third-order valence-electron chi connectivity index (χ3n) is 4.14. The average molecular weight is 425 g/mol. The number of carbonyl (C=O) groups excluding carboxylic acids is 1. The molecule has 1 amide bonds. The van der Waals surface area contributed by atoms with Crippen LogP contribution < -0.4 is 15.6 Å². The van der Waals surface area contributed by atoms with E-state index in [4.69, 9.17) is 27.9 Å². The molecule has 0 saturated heterocycles. The molecule has 0 aliphatic rings. The number of aromatic nitrogens is 1.